The van der Waals surface area contributed by atoms with E-state index in [2.05, 4.69) is 18.3 Å². The van der Waals surface area contributed by atoms with Gasteiger partial charge in [-0.2, -0.15) is 0 Å². The van der Waals surface area contributed by atoms with Gasteiger partial charge in [-0.1, -0.05) is 37.6 Å². The SMILES string of the molecule is CCCCc1ccccc1C(O)C(C)NC. The van der Waals surface area contributed by atoms with Gasteiger partial charge in [-0.25, -0.2) is 0 Å². The molecule has 2 atom stereocenters. The Morgan fingerprint density at radius 2 is 2.00 bits per heavy atom. The number of aliphatic hydroxyl groups is 1. The molecule has 90 valence electrons. The summed E-state index contributed by atoms with van der Waals surface area (Å²) < 4.78 is 0. The number of nitrogens with one attached hydrogen (secondary N) is 1. The zero-order valence-corrected chi connectivity index (χ0v) is 10.5. The molecule has 0 aliphatic heterocycles. The fourth-order valence-electron chi connectivity index (χ4n) is 1.84. The van der Waals surface area contributed by atoms with E-state index in [1.54, 1.807) is 0 Å². The first-order valence-corrected chi connectivity index (χ1v) is 6.13. The molecule has 0 aliphatic carbocycles. The fraction of sp³-hybridized carbons (Fsp3) is 0.571. The number of hydrogen-bond acceptors (Lipinski definition) is 2. The van der Waals surface area contributed by atoms with E-state index in [1.165, 1.54) is 18.4 Å². The van der Waals surface area contributed by atoms with Crippen molar-refractivity contribution in [2.24, 2.45) is 0 Å². The van der Waals surface area contributed by atoms with Gasteiger partial charge < -0.3 is 10.4 Å². The number of benzene rings is 1. The molecule has 0 bridgehead atoms. The molecule has 2 unspecified atom stereocenters. The number of rotatable bonds is 6. The summed E-state index contributed by atoms with van der Waals surface area (Å²) in [6.45, 7) is 4.19. The van der Waals surface area contributed by atoms with Gasteiger partial charge >= 0.3 is 0 Å². The summed E-state index contributed by atoms with van der Waals surface area (Å²) in [5.41, 5.74) is 2.34. The zero-order valence-electron chi connectivity index (χ0n) is 10.5. The summed E-state index contributed by atoms with van der Waals surface area (Å²) in [5.74, 6) is 0. The second-order valence-electron chi connectivity index (χ2n) is 4.32. The quantitative estimate of drug-likeness (QED) is 0.774. The average molecular weight is 221 g/mol. The second kappa shape index (κ2) is 6.66. The Labute approximate surface area is 98.7 Å². The van der Waals surface area contributed by atoms with Gasteiger partial charge in [-0.3, -0.25) is 0 Å². The lowest BCUT2D eigenvalue weighted by atomic mass is 9.95. The van der Waals surface area contributed by atoms with Crippen LogP contribution in [0.5, 0.6) is 0 Å². The number of unbranched alkanes of at least 4 members (excludes halogenated alkanes) is 1. The van der Waals surface area contributed by atoms with Crippen LogP contribution < -0.4 is 5.32 Å². The first-order chi connectivity index (χ1) is 7.70. The van der Waals surface area contributed by atoms with E-state index in [9.17, 15) is 5.11 Å². The fourth-order valence-corrected chi connectivity index (χ4v) is 1.84. The molecule has 1 aromatic carbocycles. The molecule has 1 aromatic rings. The Morgan fingerprint density at radius 1 is 1.31 bits per heavy atom. The molecule has 0 amide bonds. The molecule has 0 aromatic heterocycles. The predicted octanol–water partition coefficient (Wildman–Crippen LogP) is 2.67. The summed E-state index contributed by atoms with van der Waals surface area (Å²) in [4.78, 5) is 0. The molecule has 0 aliphatic rings. The third-order valence-electron chi connectivity index (χ3n) is 3.10. The van der Waals surface area contributed by atoms with Crippen LogP contribution in [0, 0.1) is 0 Å². The van der Waals surface area contributed by atoms with E-state index in [1.807, 2.05) is 32.2 Å². The smallest absolute Gasteiger partial charge is 0.0942 e. The van der Waals surface area contributed by atoms with Gasteiger partial charge in [0.25, 0.3) is 0 Å². The Hall–Kier alpha value is -0.860. The van der Waals surface area contributed by atoms with Crippen LogP contribution in [0.4, 0.5) is 0 Å². The Bertz CT molecular complexity index is 311. The van der Waals surface area contributed by atoms with Crippen molar-refractivity contribution in [2.45, 2.75) is 45.3 Å². The highest BCUT2D eigenvalue weighted by Gasteiger charge is 2.16. The topological polar surface area (TPSA) is 32.3 Å². The van der Waals surface area contributed by atoms with E-state index in [0.29, 0.717) is 0 Å². The number of aryl methyl sites for hydroxylation is 1. The first-order valence-electron chi connectivity index (χ1n) is 6.13. The predicted molar refractivity (Wildman–Crippen MR) is 68.5 cm³/mol. The van der Waals surface area contributed by atoms with Crippen LogP contribution in [-0.4, -0.2) is 18.2 Å². The van der Waals surface area contributed by atoms with Crippen molar-refractivity contribution < 1.29 is 5.11 Å². The van der Waals surface area contributed by atoms with Crippen LogP contribution in [0.2, 0.25) is 0 Å². The van der Waals surface area contributed by atoms with Crippen molar-refractivity contribution in [3.63, 3.8) is 0 Å². The molecule has 16 heavy (non-hydrogen) atoms. The van der Waals surface area contributed by atoms with Gasteiger partial charge in [0, 0.05) is 6.04 Å². The first kappa shape index (κ1) is 13.2. The highest BCUT2D eigenvalue weighted by molar-refractivity contribution is 5.30. The lowest BCUT2D eigenvalue weighted by Gasteiger charge is -2.21. The van der Waals surface area contributed by atoms with E-state index >= 15 is 0 Å². The average Bonchev–Trinajstić information content (AvgIpc) is 2.34. The summed E-state index contributed by atoms with van der Waals surface area (Å²) in [6, 6.07) is 8.28. The lowest BCUT2D eigenvalue weighted by Crippen LogP contribution is -2.29. The Kier molecular flexibility index (Phi) is 5.50. The van der Waals surface area contributed by atoms with E-state index in [0.717, 1.165) is 12.0 Å². The molecule has 2 N–H and O–H groups in total. The van der Waals surface area contributed by atoms with Crippen molar-refractivity contribution in [1.82, 2.24) is 5.32 Å². The minimum absolute atomic E-state index is 0.0859. The molecule has 0 saturated carbocycles. The van der Waals surface area contributed by atoms with E-state index < -0.39 is 6.10 Å². The maximum atomic E-state index is 10.2. The van der Waals surface area contributed by atoms with Gasteiger partial charge in [-0.05, 0) is 37.9 Å². The van der Waals surface area contributed by atoms with Crippen LogP contribution >= 0.6 is 0 Å². The number of aliphatic hydroxyl groups excluding tert-OH is 1. The third-order valence-corrected chi connectivity index (χ3v) is 3.10. The Morgan fingerprint density at radius 3 is 2.62 bits per heavy atom. The summed E-state index contributed by atoms with van der Waals surface area (Å²) in [7, 11) is 1.88. The number of hydrogen-bond donors (Lipinski definition) is 2. The molecule has 0 spiro atoms. The zero-order chi connectivity index (χ0) is 12.0. The van der Waals surface area contributed by atoms with Crippen LogP contribution in [0.1, 0.15) is 43.9 Å². The van der Waals surface area contributed by atoms with Crippen LogP contribution in [0.25, 0.3) is 0 Å². The number of likely N-dealkylation sites (N-methyl/N-ethyl adjacent to an activating group) is 1. The second-order valence-corrected chi connectivity index (χ2v) is 4.32. The third kappa shape index (κ3) is 3.32. The largest absolute Gasteiger partial charge is 0.387 e. The Balaban J connectivity index is 2.84. The maximum absolute atomic E-state index is 10.2. The molecule has 0 radical (unpaired) electrons. The maximum Gasteiger partial charge on any atom is 0.0942 e. The van der Waals surface area contributed by atoms with Crippen molar-refractivity contribution in [2.75, 3.05) is 7.05 Å². The van der Waals surface area contributed by atoms with Crippen molar-refractivity contribution in [3.05, 3.63) is 35.4 Å². The summed E-state index contributed by atoms with van der Waals surface area (Å²) >= 11 is 0. The molecular weight excluding hydrogens is 198 g/mol. The van der Waals surface area contributed by atoms with Gasteiger partial charge in [0.1, 0.15) is 0 Å². The van der Waals surface area contributed by atoms with Gasteiger partial charge in [-0.15, -0.1) is 0 Å². The molecule has 0 saturated heterocycles. The highest BCUT2D eigenvalue weighted by atomic mass is 16.3. The van der Waals surface area contributed by atoms with Crippen molar-refractivity contribution in [1.29, 1.82) is 0 Å². The minimum Gasteiger partial charge on any atom is -0.387 e. The molecule has 1 rings (SSSR count). The summed E-state index contributed by atoms with van der Waals surface area (Å²) in [6.07, 6.45) is 3.00. The van der Waals surface area contributed by atoms with Crippen molar-refractivity contribution in [3.8, 4) is 0 Å². The van der Waals surface area contributed by atoms with Gasteiger partial charge in [0.05, 0.1) is 6.10 Å². The molecular formula is C14H23NO. The van der Waals surface area contributed by atoms with Crippen LogP contribution in [0.3, 0.4) is 0 Å². The van der Waals surface area contributed by atoms with Gasteiger partial charge in [0.2, 0.25) is 0 Å². The lowest BCUT2D eigenvalue weighted by molar-refractivity contribution is 0.139. The molecule has 0 fully saturated rings. The summed E-state index contributed by atoms with van der Waals surface area (Å²) in [5, 5.41) is 13.3. The molecule has 2 heteroatoms. The van der Waals surface area contributed by atoms with Gasteiger partial charge in [0.15, 0.2) is 0 Å². The van der Waals surface area contributed by atoms with Crippen LogP contribution in [0.15, 0.2) is 24.3 Å². The normalized spacial score (nSPS) is 14.8. The standard InChI is InChI=1S/C14H23NO/c1-4-5-8-12-9-6-7-10-13(12)14(16)11(2)15-3/h6-7,9-11,14-16H,4-5,8H2,1-3H3. The van der Waals surface area contributed by atoms with Crippen molar-refractivity contribution >= 4 is 0 Å². The van der Waals surface area contributed by atoms with E-state index in [4.69, 9.17) is 0 Å². The van der Waals surface area contributed by atoms with E-state index in [-0.39, 0.29) is 6.04 Å². The van der Waals surface area contributed by atoms with Crippen LogP contribution in [-0.2, 0) is 6.42 Å². The monoisotopic (exact) mass is 221 g/mol. The highest BCUT2D eigenvalue weighted by Crippen LogP contribution is 2.22. The molecule has 2 nitrogen and oxygen atoms in total. The molecule has 0 heterocycles. The minimum atomic E-state index is -0.418.